The molecule has 0 radical (unpaired) electrons. The van der Waals surface area contributed by atoms with Crippen molar-refractivity contribution in [3.05, 3.63) is 47.2 Å². The van der Waals surface area contributed by atoms with Crippen LogP contribution in [0.5, 0.6) is 11.6 Å². The Balaban J connectivity index is 2.34. The van der Waals surface area contributed by atoms with Crippen molar-refractivity contribution in [3.8, 4) is 11.6 Å². The SMILES string of the molecule is Cc1cc(S(=O)(=O)Cl)cc(C)c1Oc1ccc(C(F)(F)F)cn1. The third kappa shape index (κ3) is 4.14. The lowest BCUT2D eigenvalue weighted by molar-refractivity contribution is -0.137. The standard InChI is InChI=1S/C14H11ClF3NO3S/c1-8-5-11(23(15,20)21)6-9(2)13(8)22-12-4-3-10(7-19-12)14(16,17)18/h3-7H,1-2H3. The molecule has 1 aromatic carbocycles. The highest BCUT2D eigenvalue weighted by atomic mass is 35.7. The highest BCUT2D eigenvalue weighted by Gasteiger charge is 2.30. The van der Waals surface area contributed by atoms with Crippen LogP contribution >= 0.6 is 10.7 Å². The van der Waals surface area contributed by atoms with Gasteiger partial charge < -0.3 is 4.74 Å². The van der Waals surface area contributed by atoms with Crippen molar-refractivity contribution in [3.63, 3.8) is 0 Å². The second kappa shape index (κ2) is 6.01. The van der Waals surface area contributed by atoms with Gasteiger partial charge in [-0.1, -0.05) is 0 Å². The maximum atomic E-state index is 12.5. The summed E-state index contributed by atoms with van der Waals surface area (Å²) in [6.45, 7) is 3.19. The number of aryl methyl sites for hydroxylation is 2. The average Bonchev–Trinajstić information content (AvgIpc) is 2.41. The van der Waals surface area contributed by atoms with Crippen LogP contribution in [-0.2, 0) is 15.2 Å². The average molecular weight is 366 g/mol. The first-order valence-corrected chi connectivity index (χ1v) is 8.56. The number of hydrogen-bond acceptors (Lipinski definition) is 4. The summed E-state index contributed by atoms with van der Waals surface area (Å²) in [5, 5.41) is 0. The molecular weight excluding hydrogens is 355 g/mol. The van der Waals surface area contributed by atoms with E-state index in [2.05, 4.69) is 4.98 Å². The number of halogens is 4. The Morgan fingerprint density at radius 2 is 1.70 bits per heavy atom. The van der Waals surface area contributed by atoms with Gasteiger partial charge >= 0.3 is 6.18 Å². The zero-order chi connectivity index (χ0) is 17.4. The van der Waals surface area contributed by atoms with Gasteiger partial charge in [-0.05, 0) is 43.2 Å². The Kier molecular flexibility index (Phi) is 4.59. The van der Waals surface area contributed by atoms with E-state index < -0.39 is 20.8 Å². The van der Waals surface area contributed by atoms with Crippen molar-refractivity contribution in [1.82, 2.24) is 4.98 Å². The Morgan fingerprint density at radius 1 is 1.13 bits per heavy atom. The molecule has 9 heteroatoms. The van der Waals surface area contributed by atoms with Crippen LogP contribution in [0.4, 0.5) is 13.2 Å². The van der Waals surface area contributed by atoms with Gasteiger partial charge in [0, 0.05) is 22.9 Å². The summed E-state index contributed by atoms with van der Waals surface area (Å²) in [4.78, 5) is 3.53. The number of aromatic nitrogens is 1. The van der Waals surface area contributed by atoms with Gasteiger partial charge in [0.05, 0.1) is 10.5 Å². The lowest BCUT2D eigenvalue weighted by Crippen LogP contribution is -2.05. The van der Waals surface area contributed by atoms with Gasteiger partial charge in [-0.15, -0.1) is 0 Å². The molecule has 0 fully saturated rings. The molecule has 0 N–H and O–H groups in total. The highest BCUT2D eigenvalue weighted by molar-refractivity contribution is 8.13. The minimum Gasteiger partial charge on any atom is -0.438 e. The van der Waals surface area contributed by atoms with E-state index in [1.165, 1.54) is 12.1 Å². The van der Waals surface area contributed by atoms with Gasteiger partial charge in [0.15, 0.2) is 0 Å². The van der Waals surface area contributed by atoms with Gasteiger partial charge in [-0.25, -0.2) is 13.4 Å². The van der Waals surface area contributed by atoms with E-state index in [0.717, 1.165) is 12.1 Å². The lowest BCUT2D eigenvalue weighted by Gasteiger charge is -2.13. The largest absolute Gasteiger partial charge is 0.438 e. The lowest BCUT2D eigenvalue weighted by atomic mass is 10.1. The molecule has 0 amide bonds. The van der Waals surface area contributed by atoms with Crippen LogP contribution in [0.15, 0.2) is 35.4 Å². The smallest absolute Gasteiger partial charge is 0.417 e. The fourth-order valence-electron chi connectivity index (χ4n) is 1.93. The van der Waals surface area contributed by atoms with E-state index in [4.69, 9.17) is 15.4 Å². The molecule has 0 aliphatic rings. The van der Waals surface area contributed by atoms with E-state index in [-0.39, 0.29) is 10.8 Å². The molecule has 0 saturated carbocycles. The second-order valence-corrected chi connectivity index (χ2v) is 7.37. The Hall–Kier alpha value is -1.80. The molecule has 1 aromatic heterocycles. The zero-order valence-corrected chi connectivity index (χ0v) is 13.6. The molecular formula is C14H11ClF3NO3S. The molecule has 2 aromatic rings. The summed E-state index contributed by atoms with van der Waals surface area (Å²) in [5.41, 5.74) is 0.0405. The molecule has 0 unspecified atom stereocenters. The van der Waals surface area contributed by atoms with E-state index in [0.29, 0.717) is 23.1 Å². The van der Waals surface area contributed by atoms with E-state index in [1.807, 2.05) is 0 Å². The molecule has 124 valence electrons. The van der Waals surface area contributed by atoms with Crippen LogP contribution in [0, 0.1) is 13.8 Å². The summed E-state index contributed by atoms with van der Waals surface area (Å²) in [7, 11) is 1.40. The van der Waals surface area contributed by atoms with Crippen LogP contribution in [0.3, 0.4) is 0 Å². The first kappa shape index (κ1) is 17.6. The fourth-order valence-corrected chi connectivity index (χ4v) is 2.83. The van der Waals surface area contributed by atoms with Crippen molar-refractivity contribution in [2.75, 3.05) is 0 Å². The number of pyridine rings is 1. The number of benzene rings is 1. The van der Waals surface area contributed by atoms with Crippen LogP contribution in [-0.4, -0.2) is 13.4 Å². The Labute approximate surface area is 135 Å². The van der Waals surface area contributed by atoms with Crippen molar-refractivity contribution >= 4 is 19.7 Å². The predicted molar refractivity (Wildman–Crippen MR) is 78.3 cm³/mol. The third-order valence-corrected chi connectivity index (χ3v) is 4.32. The summed E-state index contributed by atoms with van der Waals surface area (Å²) < 4.78 is 65.6. The molecule has 23 heavy (non-hydrogen) atoms. The van der Waals surface area contributed by atoms with Crippen LogP contribution in [0.2, 0.25) is 0 Å². The van der Waals surface area contributed by atoms with Crippen molar-refractivity contribution in [2.45, 2.75) is 24.9 Å². The van der Waals surface area contributed by atoms with Gasteiger partial charge in [-0.3, -0.25) is 0 Å². The monoisotopic (exact) mass is 365 g/mol. The molecule has 0 saturated heterocycles. The molecule has 2 rings (SSSR count). The van der Waals surface area contributed by atoms with E-state index in [1.54, 1.807) is 13.8 Å². The van der Waals surface area contributed by atoms with Gasteiger partial charge in [-0.2, -0.15) is 13.2 Å². The van der Waals surface area contributed by atoms with Gasteiger partial charge in [0.25, 0.3) is 9.05 Å². The molecule has 1 heterocycles. The van der Waals surface area contributed by atoms with Crippen LogP contribution in [0.25, 0.3) is 0 Å². The molecule has 0 aliphatic heterocycles. The Morgan fingerprint density at radius 3 is 2.09 bits per heavy atom. The number of alkyl halides is 3. The third-order valence-electron chi connectivity index (χ3n) is 2.99. The highest BCUT2D eigenvalue weighted by Crippen LogP contribution is 2.33. The summed E-state index contributed by atoms with van der Waals surface area (Å²) in [5.74, 6) is 0.270. The maximum Gasteiger partial charge on any atom is 0.417 e. The second-order valence-electron chi connectivity index (χ2n) is 4.81. The van der Waals surface area contributed by atoms with Gasteiger partial charge in [0.2, 0.25) is 5.88 Å². The summed E-state index contributed by atoms with van der Waals surface area (Å²) >= 11 is 0. The molecule has 0 atom stereocenters. The topological polar surface area (TPSA) is 56.3 Å². The van der Waals surface area contributed by atoms with Crippen molar-refractivity contribution in [1.29, 1.82) is 0 Å². The maximum absolute atomic E-state index is 12.5. The summed E-state index contributed by atoms with van der Waals surface area (Å²) in [6.07, 6.45) is -3.81. The van der Waals surface area contributed by atoms with E-state index >= 15 is 0 Å². The number of nitrogens with zero attached hydrogens (tertiary/aromatic N) is 1. The van der Waals surface area contributed by atoms with Crippen LogP contribution in [0.1, 0.15) is 16.7 Å². The molecule has 4 nitrogen and oxygen atoms in total. The van der Waals surface area contributed by atoms with Crippen LogP contribution < -0.4 is 4.74 Å². The molecule has 0 spiro atoms. The Bertz CT molecular complexity index is 810. The first-order chi connectivity index (χ1) is 10.5. The molecule has 0 bridgehead atoms. The van der Waals surface area contributed by atoms with Gasteiger partial charge in [0.1, 0.15) is 5.75 Å². The van der Waals surface area contributed by atoms with E-state index in [9.17, 15) is 21.6 Å². The summed E-state index contributed by atoms with van der Waals surface area (Å²) in [6, 6.07) is 4.57. The number of rotatable bonds is 3. The number of hydrogen-bond donors (Lipinski definition) is 0. The zero-order valence-electron chi connectivity index (χ0n) is 12.0. The van der Waals surface area contributed by atoms with Crippen molar-refractivity contribution in [2.24, 2.45) is 0 Å². The first-order valence-electron chi connectivity index (χ1n) is 6.25. The minimum atomic E-state index is -4.48. The normalized spacial score (nSPS) is 12.3. The minimum absolute atomic E-state index is 0.0364. The van der Waals surface area contributed by atoms with Crippen molar-refractivity contribution < 1.29 is 26.3 Å². The predicted octanol–water partition coefficient (Wildman–Crippen LogP) is 4.44. The quantitative estimate of drug-likeness (QED) is 0.755. The molecule has 0 aliphatic carbocycles. The fraction of sp³-hybridized carbons (Fsp3) is 0.214. The number of ether oxygens (including phenoxy) is 1.